The Morgan fingerprint density at radius 3 is 2.57 bits per heavy atom. The number of nitrogens with one attached hydrogen (secondary N) is 1. The molecule has 1 N–H and O–H groups in total. The van der Waals surface area contributed by atoms with Gasteiger partial charge in [0, 0.05) is 31.2 Å². The van der Waals surface area contributed by atoms with Crippen molar-refractivity contribution in [2.45, 2.75) is 63.5 Å². The van der Waals surface area contributed by atoms with Crippen LogP contribution in [0.4, 0.5) is 0 Å². The highest BCUT2D eigenvalue weighted by Crippen LogP contribution is 2.36. The molecule has 1 aromatic heterocycles. The molecular weight excluding hydrogens is 262 g/mol. The van der Waals surface area contributed by atoms with Crippen LogP contribution in [0.1, 0.15) is 51.1 Å². The first-order chi connectivity index (χ1) is 10.1. The summed E-state index contributed by atoms with van der Waals surface area (Å²) in [5, 5.41) is 12.2. The third-order valence-corrected chi connectivity index (χ3v) is 4.96. The molecule has 1 heterocycles. The van der Waals surface area contributed by atoms with Crippen LogP contribution in [0, 0.1) is 0 Å². The smallest absolute Gasteiger partial charge is 0.0843 e. The van der Waals surface area contributed by atoms with Gasteiger partial charge < -0.3 is 10.2 Å². The van der Waals surface area contributed by atoms with Gasteiger partial charge in [-0.15, -0.1) is 5.10 Å². The van der Waals surface area contributed by atoms with Crippen LogP contribution in [-0.4, -0.2) is 52.1 Å². The number of hydrogen-bond acceptors (Lipinski definition) is 4. The summed E-state index contributed by atoms with van der Waals surface area (Å²) in [7, 11) is 6.42. The van der Waals surface area contributed by atoms with Crippen LogP contribution < -0.4 is 5.32 Å². The zero-order chi connectivity index (χ0) is 15.3. The van der Waals surface area contributed by atoms with Crippen molar-refractivity contribution < 1.29 is 0 Å². The van der Waals surface area contributed by atoms with Crippen molar-refractivity contribution in [3.8, 4) is 0 Å². The van der Waals surface area contributed by atoms with Gasteiger partial charge in [0.25, 0.3) is 0 Å². The van der Waals surface area contributed by atoms with E-state index in [1.54, 1.807) is 4.68 Å². The Labute approximate surface area is 129 Å². The molecule has 1 fully saturated rings. The topological polar surface area (TPSA) is 46.0 Å². The van der Waals surface area contributed by atoms with Crippen LogP contribution in [0.25, 0.3) is 0 Å². The highest BCUT2D eigenvalue weighted by Gasteiger charge is 2.41. The molecule has 1 unspecified atom stereocenters. The van der Waals surface area contributed by atoms with Crippen LogP contribution >= 0.6 is 0 Å². The van der Waals surface area contributed by atoms with E-state index in [1.807, 2.05) is 13.2 Å². The largest absolute Gasteiger partial charge is 0.312 e. The van der Waals surface area contributed by atoms with Gasteiger partial charge in [0.15, 0.2) is 0 Å². The monoisotopic (exact) mass is 293 g/mol. The van der Waals surface area contributed by atoms with E-state index in [2.05, 4.69) is 41.5 Å². The molecule has 0 aliphatic heterocycles. The first-order valence-electron chi connectivity index (χ1n) is 8.34. The van der Waals surface area contributed by atoms with Crippen LogP contribution in [0.3, 0.4) is 0 Å². The second-order valence-corrected chi connectivity index (χ2v) is 6.65. The number of likely N-dealkylation sites (N-methyl/N-ethyl adjacent to an activating group) is 1. The maximum Gasteiger partial charge on any atom is 0.0843 e. The van der Waals surface area contributed by atoms with Crippen molar-refractivity contribution in [1.82, 2.24) is 25.2 Å². The fraction of sp³-hybridized carbons (Fsp3) is 0.875. The van der Waals surface area contributed by atoms with E-state index in [1.165, 1.54) is 38.5 Å². The molecule has 2 rings (SSSR count). The molecule has 1 aliphatic carbocycles. The van der Waals surface area contributed by atoms with Crippen LogP contribution in [0.15, 0.2) is 6.20 Å². The van der Waals surface area contributed by atoms with E-state index >= 15 is 0 Å². The average molecular weight is 293 g/mol. The summed E-state index contributed by atoms with van der Waals surface area (Å²) >= 11 is 0. The van der Waals surface area contributed by atoms with Crippen LogP contribution in [0.5, 0.6) is 0 Å². The van der Waals surface area contributed by atoms with E-state index in [4.69, 9.17) is 0 Å². The standard InChI is InChI=1S/C16H31N5/c1-5-11-17-15(12-14-13-21(4)19-18-14)16(20(2)3)9-7-6-8-10-16/h13,15,17H,5-12H2,1-4H3. The quantitative estimate of drug-likeness (QED) is 0.835. The van der Waals surface area contributed by atoms with Gasteiger partial charge in [-0.1, -0.05) is 31.4 Å². The lowest BCUT2D eigenvalue weighted by molar-refractivity contribution is 0.0565. The number of rotatable bonds is 7. The van der Waals surface area contributed by atoms with Gasteiger partial charge in [0.1, 0.15) is 0 Å². The molecule has 0 bridgehead atoms. The molecule has 0 aromatic carbocycles. The minimum Gasteiger partial charge on any atom is -0.312 e. The van der Waals surface area contributed by atoms with Crippen molar-refractivity contribution in [2.24, 2.45) is 7.05 Å². The number of aromatic nitrogens is 3. The van der Waals surface area contributed by atoms with Crippen molar-refractivity contribution in [3.05, 3.63) is 11.9 Å². The minimum absolute atomic E-state index is 0.255. The summed E-state index contributed by atoms with van der Waals surface area (Å²) in [4.78, 5) is 2.45. The Hall–Kier alpha value is -0.940. The van der Waals surface area contributed by atoms with Gasteiger partial charge >= 0.3 is 0 Å². The van der Waals surface area contributed by atoms with Gasteiger partial charge in [-0.2, -0.15) is 0 Å². The molecule has 120 valence electrons. The molecule has 0 spiro atoms. The number of nitrogens with zero attached hydrogens (tertiary/aromatic N) is 4. The molecule has 0 saturated heterocycles. The van der Waals surface area contributed by atoms with E-state index < -0.39 is 0 Å². The molecule has 0 radical (unpaired) electrons. The summed E-state index contributed by atoms with van der Waals surface area (Å²) in [6.45, 7) is 3.30. The van der Waals surface area contributed by atoms with E-state index in [9.17, 15) is 0 Å². The Morgan fingerprint density at radius 1 is 1.33 bits per heavy atom. The Bertz CT molecular complexity index is 420. The zero-order valence-electron chi connectivity index (χ0n) is 14.1. The fourth-order valence-corrected chi connectivity index (χ4v) is 3.74. The summed E-state index contributed by atoms with van der Waals surface area (Å²) in [6, 6.07) is 0.449. The summed E-state index contributed by atoms with van der Waals surface area (Å²) < 4.78 is 1.80. The Balaban J connectivity index is 2.19. The van der Waals surface area contributed by atoms with E-state index in [0.717, 1.165) is 18.7 Å². The molecule has 1 saturated carbocycles. The summed E-state index contributed by atoms with van der Waals surface area (Å²) in [6.07, 6.45) is 10.8. The Morgan fingerprint density at radius 2 is 2.05 bits per heavy atom. The Kier molecular flexibility index (Phi) is 5.76. The van der Waals surface area contributed by atoms with E-state index in [0.29, 0.717) is 6.04 Å². The van der Waals surface area contributed by atoms with Crippen molar-refractivity contribution in [1.29, 1.82) is 0 Å². The van der Waals surface area contributed by atoms with Crippen LogP contribution in [-0.2, 0) is 13.5 Å². The summed E-state index contributed by atoms with van der Waals surface area (Å²) in [5.41, 5.74) is 1.35. The van der Waals surface area contributed by atoms with Gasteiger partial charge in [-0.25, -0.2) is 0 Å². The second kappa shape index (κ2) is 7.36. The molecule has 1 atom stereocenters. The highest BCUT2D eigenvalue weighted by molar-refractivity contribution is 5.07. The molecule has 1 aliphatic rings. The number of aryl methyl sites for hydroxylation is 1. The van der Waals surface area contributed by atoms with Crippen molar-refractivity contribution in [3.63, 3.8) is 0 Å². The minimum atomic E-state index is 0.255. The second-order valence-electron chi connectivity index (χ2n) is 6.65. The maximum absolute atomic E-state index is 4.30. The lowest BCUT2D eigenvalue weighted by Gasteiger charge is -2.49. The van der Waals surface area contributed by atoms with E-state index in [-0.39, 0.29) is 5.54 Å². The number of hydrogen-bond donors (Lipinski definition) is 1. The van der Waals surface area contributed by atoms with Crippen molar-refractivity contribution in [2.75, 3.05) is 20.6 Å². The zero-order valence-corrected chi connectivity index (χ0v) is 14.1. The highest BCUT2D eigenvalue weighted by atomic mass is 15.4. The van der Waals surface area contributed by atoms with Gasteiger partial charge in [-0.3, -0.25) is 4.68 Å². The maximum atomic E-state index is 4.30. The third kappa shape index (κ3) is 3.83. The molecule has 5 nitrogen and oxygen atoms in total. The van der Waals surface area contributed by atoms with Crippen LogP contribution in [0.2, 0.25) is 0 Å². The first kappa shape index (κ1) is 16.4. The lowest BCUT2D eigenvalue weighted by Crippen LogP contribution is -2.61. The van der Waals surface area contributed by atoms with Gasteiger partial charge in [0.2, 0.25) is 0 Å². The molecule has 21 heavy (non-hydrogen) atoms. The van der Waals surface area contributed by atoms with Gasteiger partial charge in [-0.05, 0) is 39.9 Å². The fourth-order valence-electron chi connectivity index (χ4n) is 3.74. The first-order valence-corrected chi connectivity index (χ1v) is 8.34. The predicted octanol–water partition coefficient (Wildman–Crippen LogP) is 1.99. The lowest BCUT2D eigenvalue weighted by atomic mass is 9.74. The molecular formula is C16H31N5. The molecule has 0 amide bonds. The average Bonchev–Trinajstić information content (AvgIpc) is 2.89. The van der Waals surface area contributed by atoms with Crippen molar-refractivity contribution >= 4 is 0 Å². The molecule has 5 heteroatoms. The predicted molar refractivity (Wildman–Crippen MR) is 86.3 cm³/mol. The molecule has 1 aromatic rings. The van der Waals surface area contributed by atoms with Gasteiger partial charge in [0.05, 0.1) is 5.69 Å². The normalized spacial score (nSPS) is 19.9. The summed E-state index contributed by atoms with van der Waals surface area (Å²) in [5.74, 6) is 0. The SMILES string of the molecule is CCCNC(Cc1cn(C)nn1)C1(N(C)C)CCCCC1. The third-order valence-electron chi connectivity index (χ3n) is 4.96.